The fourth-order valence-corrected chi connectivity index (χ4v) is 1.55. The maximum Gasteiger partial charge on any atom is 0.127 e. The molecule has 0 bridgehead atoms. The maximum absolute atomic E-state index is 13.4. The third-order valence-corrected chi connectivity index (χ3v) is 2.37. The molecule has 1 aromatic carbocycles. The molecule has 0 aromatic heterocycles. The standard InChI is InChI=1S/C14H22FNO2/c1-11(2)9-16-10-12-6-13(15)8-14(7-12)18-5-4-17-3/h6-8,11,16H,4-5,9-10H2,1-3H3. The van der Waals surface area contributed by atoms with E-state index in [9.17, 15) is 4.39 Å². The number of ether oxygens (including phenoxy) is 2. The molecule has 0 amide bonds. The van der Waals surface area contributed by atoms with E-state index in [2.05, 4.69) is 19.2 Å². The first kappa shape index (κ1) is 14.9. The minimum atomic E-state index is -0.272. The quantitative estimate of drug-likeness (QED) is 0.724. The Kier molecular flexibility index (Phi) is 6.68. The van der Waals surface area contributed by atoms with E-state index in [4.69, 9.17) is 9.47 Å². The monoisotopic (exact) mass is 255 g/mol. The third-order valence-electron chi connectivity index (χ3n) is 2.37. The van der Waals surface area contributed by atoms with Crippen molar-refractivity contribution in [2.75, 3.05) is 26.9 Å². The van der Waals surface area contributed by atoms with Crippen molar-refractivity contribution in [1.82, 2.24) is 5.32 Å². The Labute approximate surface area is 108 Å². The van der Waals surface area contributed by atoms with Crippen molar-refractivity contribution < 1.29 is 13.9 Å². The van der Waals surface area contributed by atoms with Crippen LogP contribution in [0, 0.1) is 11.7 Å². The molecular weight excluding hydrogens is 233 g/mol. The predicted molar refractivity (Wildman–Crippen MR) is 70.3 cm³/mol. The molecule has 1 N–H and O–H groups in total. The van der Waals surface area contributed by atoms with Gasteiger partial charge in [0.2, 0.25) is 0 Å². The van der Waals surface area contributed by atoms with Crippen LogP contribution in [0.5, 0.6) is 5.75 Å². The molecule has 0 spiro atoms. The minimum Gasteiger partial charge on any atom is -0.491 e. The molecule has 0 radical (unpaired) electrons. The lowest BCUT2D eigenvalue weighted by Gasteiger charge is -2.10. The van der Waals surface area contributed by atoms with Crippen LogP contribution in [0.3, 0.4) is 0 Å². The highest BCUT2D eigenvalue weighted by Gasteiger charge is 2.02. The number of halogens is 1. The summed E-state index contributed by atoms with van der Waals surface area (Å²) >= 11 is 0. The fourth-order valence-electron chi connectivity index (χ4n) is 1.55. The van der Waals surface area contributed by atoms with Gasteiger partial charge < -0.3 is 14.8 Å². The second-order valence-electron chi connectivity index (χ2n) is 4.66. The van der Waals surface area contributed by atoms with E-state index in [0.29, 0.717) is 31.4 Å². The highest BCUT2D eigenvalue weighted by molar-refractivity contribution is 5.29. The van der Waals surface area contributed by atoms with Crippen molar-refractivity contribution in [3.63, 3.8) is 0 Å². The minimum absolute atomic E-state index is 0.272. The molecule has 0 aliphatic carbocycles. The van der Waals surface area contributed by atoms with Crippen molar-refractivity contribution in [3.8, 4) is 5.75 Å². The molecule has 0 saturated carbocycles. The zero-order chi connectivity index (χ0) is 13.4. The van der Waals surface area contributed by atoms with Crippen LogP contribution in [-0.2, 0) is 11.3 Å². The molecule has 0 unspecified atom stereocenters. The van der Waals surface area contributed by atoms with Crippen LogP contribution in [0.4, 0.5) is 4.39 Å². The van der Waals surface area contributed by atoms with E-state index < -0.39 is 0 Å². The Morgan fingerprint density at radius 2 is 2.00 bits per heavy atom. The third kappa shape index (κ3) is 5.98. The summed E-state index contributed by atoms with van der Waals surface area (Å²) in [5.41, 5.74) is 0.892. The van der Waals surface area contributed by atoms with E-state index in [0.717, 1.165) is 12.1 Å². The largest absolute Gasteiger partial charge is 0.491 e. The average molecular weight is 255 g/mol. The highest BCUT2D eigenvalue weighted by Crippen LogP contribution is 2.16. The first-order valence-electron chi connectivity index (χ1n) is 6.23. The molecular formula is C14H22FNO2. The van der Waals surface area contributed by atoms with Crippen molar-refractivity contribution in [3.05, 3.63) is 29.6 Å². The number of rotatable bonds is 8. The Morgan fingerprint density at radius 3 is 2.67 bits per heavy atom. The maximum atomic E-state index is 13.4. The molecule has 102 valence electrons. The number of nitrogens with one attached hydrogen (secondary N) is 1. The highest BCUT2D eigenvalue weighted by atomic mass is 19.1. The Bertz CT molecular complexity index is 356. The van der Waals surface area contributed by atoms with Gasteiger partial charge in [-0.2, -0.15) is 0 Å². The van der Waals surface area contributed by atoms with Crippen molar-refractivity contribution in [1.29, 1.82) is 0 Å². The average Bonchev–Trinajstić information content (AvgIpc) is 2.28. The van der Waals surface area contributed by atoms with Gasteiger partial charge in [-0.1, -0.05) is 13.8 Å². The van der Waals surface area contributed by atoms with Gasteiger partial charge in [0.1, 0.15) is 18.2 Å². The summed E-state index contributed by atoms with van der Waals surface area (Å²) in [5.74, 6) is 0.857. The van der Waals surface area contributed by atoms with Crippen molar-refractivity contribution in [2.45, 2.75) is 20.4 Å². The molecule has 0 aliphatic rings. The van der Waals surface area contributed by atoms with E-state index in [1.807, 2.05) is 6.07 Å². The van der Waals surface area contributed by atoms with Gasteiger partial charge in [0.25, 0.3) is 0 Å². The van der Waals surface area contributed by atoms with Crippen LogP contribution in [0.15, 0.2) is 18.2 Å². The molecule has 0 atom stereocenters. The predicted octanol–water partition coefficient (Wildman–Crippen LogP) is 2.60. The van der Waals surface area contributed by atoms with Crippen molar-refractivity contribution >= 4 is 0 Å². The lowest BCUT2D eigenvalue weighted by molar-refractivity contribution is 0.146. The van der Waals surface area contributed by atoms with Crippen LogP contribution in [0.25, 0.3) is 0 Å². The second kappa shape index (κ2) is 8.06. The topological polar surface area (TPSA) is 30.5 Å². The molecule has 4 heteroatoms. The van der Waals surface area contributed by atoms with Crippen LogP contribution in [-0.4, -0.2) is 26.9 Å². The van der Waals surface area contributed by atoms with E-state index in [1.54, 1.807) is 7.11 Å². The zero-order valence-electron chi connectivity index (χ0n) is 11.3. The zero-order valence-corrected chi connectivity index (χ0v) is 11.3. The molecule has 3 nitrogen and oxygen atoms in total. The van der Waals surface area contributed by atoms with Crippen molar-refractivity contribution in [2.24, 2.45) is 5.92 Å². The summed E-state index contributed by atoms with van der Waals surface area (Å²) in [5, 5.41) is 3.28. The molecule has 0 fully saturated rings. The molecule has 0 heterocycles. The molecule has 18 heavy (non-hydrogen) atoms. The van der Waals surface area contributed by atoms with E-state index >= 15 is 0 Å². The summed E-state index contributed by atoms with van der Waals surface area (Å²) in [6, 6.07) is 4.77. The lowest BCUT2D eigenvalue weighted by atomic mass is 10.2. The first-order valence-corrected chi connectivity index (χ1v) is 6.23. The number of benzene rings is 1. The summed E-state index contributed by atoms with van der Waals surface area (Å²) < 4.78 is 23.7. The number of hydrogen-bond donors (Lipinski definition) is 1. The van der Waals surface area contributed by atoms with Gasteiger partial charge in [-0.05, 0) is 30.2 Å². The number of methoxy groups -OCH3 is 1. The van der Waals surface area contributed by atoms with E-state index in [-0.39, 0.29) is 5.82 Å². The van der Waals surface area contributed by atoms with Crippen LogP contribution < -0.4 is 10.1 Å². The fraction of sp³-hybridized carbons (Fsp3) is 0.571. The van der Waals surface area contributed by atoms with Crippen LogP contribution in [0.2, 0.25) is 0 Å². The lowest BCUT2D eigenvalue weighted by Crippen LogP contribution is -2.19. The van der Waals surface area contributed by atoms with Gasteiger partial charge in [0.15, 0.2) is 0 Å². The summed E-state index contributed by atoms with van der Waals surface area (Å²) in [4.78, 5) is 0. The van der Waals surface area contributed by atoms with Gasteiger partial charge in [-0.25, -0.2) is 4.39 Å². The smallest absolute Gasteiger partial charge is 0.127 e. The summed E-state index contributed by atoms with van der Waals surface area (Å²) in [6.07, 6.45) is 0. The van der Waals surface area contributed by atoms with E-state index in [1.165, 1.54) is 12.1 Å². The normalized spacial score (nSPS) is 10.9. The Morgan fingerprint density at radius 1 is 1.22 bits per heavy atom. The SMILES string of the molecule is COCCOc1cc(F)cc(CNCC(C)C)c1. The number of hydrogen-bond acceptors (Lipinski definition) is 3. The molecule has 1 aromatic rings. The Hall–Kier alpha value is -1.13. The summed E-state index contributed by atoms with van der Waals surface area (Å²) in [7, 11) is 1.61. The molecule has 0 aliphatic heterocycles. The molecule has 1 rings (SSSR count). The van der Waals surface area contributed by atoms with Gasteiger partial charge in [-0.3, -0.25) is 0 Å². The van der Waals surface area contributed by atoms with Gasteiger partial charge in [0.05, 0.1) is 6.61 Å². The van der Waals surface area contributed by atoms with Gasteiger partial charge >= 0.3 is 0 Å². The van der Waals surface area contributed by atoms with Crippen LogP contribution >= 0.6 is 0 Å². The van der Waals surface area contributed by atoms with Gasteiger partial charge in [-0.15, -0.1) is 0 Å². The Balaban J connectivity index is 2.51. The second-order valence-corrected chi connectivity index (χ2v) is 4.66. The molecule has 0 saturated heterocycles. The summed E-state index contributed by atoms with van der Waals surface area (Å²) in [6.45, 7) is 6.76. The van der Waals surface area contributed by atoms with Gasteiger partial charge in [0, 0.05) is 19.7 Å². The first-order chi connectivity index (χ1) is 8.61. The van der Waals surface area contributed by atoms with Crippen LogP contribution in [0.1, 0.15) is 19.4 Å².